The van der Waals surface area contributed by atoms with Crippen LogP contribution in [0.1, 0.15) is 13.3 Å². The fraction of sp³-hybridized carbons (Fsp3) is 0.667. The van der Waals surface area contributed by atoms with Gasteiger partial charge in [-0.15, -0.1) is 0 Å². The maximum Gasteiger partial charge on any atom is 0.119 e. The Labute approximate surface area is 54.0 Å². The van der Waals surface area contributed by atoms with Crippen LogP contribution in [0.2, 0.25) is 0 Å². The van der Waals surface area contributed by atoms with Crippen LogP contribution in [0.25, 0.3) is 0 Å². The van der Waals surface area contributed by atoms with Crippen molar-refractivity contribution in [1.82, 2.24) is 0 Å². The summed E-state index contributed by atoms with van der Waals surface area (Å²) in [6.45, 7) is 1.81. The quantitative estimate of drug-likeness (QED) is 0.326. The fourth-order valence-electron chi connectivity index (χ4n) is 0. The summed E-state index contributed by atoms with van der Waals surface area (Å²) in [4.78, 5) is 9.17. The van der Waals surface area contributed by atoms with Crippen LogP contribution in [0, 0.1) is 0 Å². The number of hydrogen-bond acceptors (Lipinski definition) is 1. The molecule has 0 amide bonds. The van der Waals surface area contributed by atoms with Gasteiger partial charge in [-0.2, -0.15) is 0 Å². The van der Waals surface area contributed by atoms with Crippen molar-refractivity contribution in [2.24, 2.45) is 0 Å². The van der Waals surface area contributed by atoms with Gasteiger partial charge in [0, 0.05) is 36.0 Å². The van der Waals surface area contributed by atoms with Gasteiger partial charge in [-0.1, -0.05) is 6.92 Å². The molecule has 0 rings (SSSR count). The molecule has 1 nitrogen and oxygen atoms in total. The first kappa shape index (κ1) is 9.18. The summed E-state index contributed by atoms with van der Waals surface area (Å²) in [5, 5.41) is 0. The van der Waals surface area contributed by atoms with Crippen LogP contribution in [0.3, 0.4) is 0 Å². The second-order valence-corrected chi connectivity index (χ2v) is 0.575. The predicted octanol–water partition coefficient (Wildman–Crippen LogP) is 0.214. The monoisotopic (exact) mass is 81.0 g/mol. The third kappa shape index (κ3) is 11.9. The zero-order chi connectivity index (χ0) is 3.41. The molecule has 0 unspecified atom stereocenters. The molecule has 0 atom stereocenters. The van der Waals surface area contributed by atoms with E-state index >= 15 is 0 Å². The van der Waals surface area contributed by atoms with Crippen LogP contribution >= 0.6 is 0 Å². The van der Waals surface area contributed by atoms with E-state index in [2.05, 4.69) is 0 Å². The smallest absolute Gasteiger partial charge is 0.119 e. The minimum atomic E-state index is 0. The number of carbonyl (C=O) groups is 1. The van der Waals surface area contributed by atoms with Crippen LogP contribution < -0.4 is 0 Å². The molecular weight excluding hydrogens is 75.0 g/mol. The Morgan fingerprint density at radius 3 is 2.00 bits per heavy atom. The third-order valence-electron chi connectivity index (χ3n) is 0.167. The van der Waals surface area contributed by atoms with Crippen LogP contribution in [0.15, 0.2) is 0 Å². The van der Waals surface area contributed by atoms with Gasteiger partial charge in [0.2, 0.25) is 0 Å². The first-order valence-electron chi connectivity index (χ1n) is 1.35. The molecule has 0 fully saturated rings. The van der Waals surface area contributed by atoms with Gasteiger partial charge in [-0.25, -0.2) is 0 Å². The Morgan fingerprint density at radius 2 is 2.00 bits per heavy atom. The molecule has 1 radical (unpaired) electrons. The van der Waals surface area contributed by atoms with Gasteiger partial charge in [-0.3, -0.25) is 0 Å². The fourth-order valence-corrected chi connectivity index (χ4v) is 0. The summed E-state index contributed by atoms with van der Waals surface area (Å²) in [5.74, 6) is 0. The van der Waals surface area contributed by atoms with Gasteiger partial charge < -0.3 is 4.79 Å². The van der Waals surface area contributed by atoms with Gasteiger partial charge in [0.05, 0.1) is 0 Å². The van der Waals surface area contributed by atoms with Crippen LogP contribution in [-0.2, 0) is 4.79 Å². The minimum Gasteiger partial charge on any atom is -0.303 e. The molecule has 0 aliphatic rings. The molecule has 0 aromatic heterocycles. The van der Waals surface area contributed by atoms with E-state index in [9.17, 15) is 4.79 Å². The predicted molar refractivity (Wildman–Crippen MR) is 22.1 cm³/mol. The van der Waals surface area contributed by atoms with Crippen molar-refractivity contribution in [3.63, 3.8) is 0 Å². The van der Waals surface area contributed by atoms with Crippen molar-refractivity contribution in [2.75, 3.05) is 0 Å². The minimum absolute atomic E-state index is 0. The van der Waals surface area contributed by atoms with E-state index in [1.807, 2.05) is 6.92 Å². The van der Waals surface area contributed by atoms with E-state index in [1.165, 1.54) is 0 Å². The Hall–Kier alpha value is 0.670. The maximum absolute atomic E-state index is 9.17. The molecule has 0 aromatic carbocycles. The van der Waals surface area contributed by atoms with Crippen LogP contribution in [0.4, 0.5) is 0 Å². The molecule has 0 aromatic rings. The van der Waals surface area contributed by atoms with Crippen molar-refractivity contribution in [3.8, 4) is 0 Å². The average molecular weight is 81.1 g/mol. The van der Waals surface area contributed by atoms with Crippen molar-refractivity contribution >= 4 is 35.8 Å². The molecule has 0 saturated heterocycles. The molecule has 0 saturated carbocycles. The summed E-state index contributed by atoms with van der Waals surface area (Å²) in [6, 6.07) is 0. The molecule has 25 valence electrons. The summed E-state index contributed by atoms with van der Waals surface area (Å²) >= 11 is 0. The molecule has 2 heteroatoms. The first-order chi connectivity index (χ1) is 1.91. The summed E-state index contributed by atoms with van der Waals surface area (Å²) in [6.07, 6.45) is 1.51. The second-order valence-electron chi connectivity index (χ2n) is 0.575. The van der Waals surface area contributed by atoms with Crippen molar-refractivity contribution in [3.05, 3.63) is 0 Å². The largest absolute Gasteiger partial charge is 0.303 e. The maximum atomic E-state index is 9.17. The first-order valence-corrected chi connectivity index (χ1v) is 1.35. The third-order valence-corrected chi connectivity index (χ3v) is 0.167. The molecule has 0 aliphatic carbocycles. The molecule has 0 aliphatic heterocycles. The zero-order valence-electron chi connectivity index (χ0n) is 3.69. The van der Waals surface area contributed by atoms with Crippen LogP contribution in [0.5, 0.6) is 0 Å². The standard InChI is InChI=1S/C3H6O.Na/c1-2-3-4;/h3H,2H2,1H3;. The van der Waals surface area contributed by atoms with Crippen molar-refractivity contribution in [2.45, 2.75) is 13.3 Å². The van der Waals surface area contributed by atoms with Gasteiger partial charge in [0.25, 0.3) is 0 Å². The summed E-state index contributed by atoms with van der Waals surface area (Å²) in [7, 11) is 0. The van der Waals surface area contributed by atoms with Crippen molar-refractivity contribution < 1.29 is 4.79 Å². The Balaban J connectivity index is 0. The van der Waals surface area contributed by atoms with Gasteiger partial charge in [0.1, 0.15) is 6.29 Å². The normalized spacial score (nSPS) is 5.00. The van der Waals surface area contributed by atoms with E-state index in [-0.39, 0.29) is 29.6 Å². The van der Waals surface area contributed by atoms with E-state index in [0.29, 0.717) is 6.42 Å². The molecule has 0 spiro atoms. The Bertz CT molecular complexity index is 20.9. The topological polar surface area (TPSA) is 17.1 Å². The number of rotatable bonds is 1. The SMILES string of the molecule is CCC=O.[Na]. The Kier molecular flexibility index (Phi) is 16.2. The molecule has 0 bridgehead atoms. The average Bonchev–Trinajstić information content (AvgIpc) is 1.37. The molecule has 0 N–H and O–H groups in total. The summed E-state index contributed by atoms with van der Waals surface area (Å²) in [5.41, 5.74) is 0. The van der Waals surface area contributed by atoms with Gasteiger partial charge in [0.15, 0.2) is 0 Å². The second kappa shape index (κ2) is 8.82. The molecular formula is C3H6NaO. The Morgan fingerprint density at radius 1 is 1.80 bits per heavy atom. The van der Waals surface area contributed by atoms with Gasteiger partial charge >= 0.3 is 0 Å². The number of aldehydes is 1. The molecule has 0 heterocycles. The van der Waals surface area contributed by atoms with E-state index < -0.39 is 0 Å². The van der Waals surface area contributed by atoms with Crippen molar-refractivity contribution in [1.29, 1.82) is 0 Å². The van der Waals surface area contributed by atoms with Gasteiger partial charge in [-0.05, 0) is 0 Å². The summed E-state index contributed by atoms with van der Waals surface area (Å²) < 4.78 is 0. The molecule has 5 heavy (non-hydrogen) atoms. The van der Waals surface area contributed by atoms with Crippen LogP contribution in [-0.4, -0.2) is 35.8 Å². The number of hydrogen-bond donors (Lipinski definition) is 0. The zero-order valence-corrected chi connectivity index (χ0v) is 5.69. The number of carbonyl (C=O) groups excluding carboxylic acids is 1. The van der Waals surface area contributed by atoms with E-state index in [1.54, 1.807) is 0 Å². The van der Waals surface area contributed by atoms with E-state index in [4.69, 9.17) is 0 Å². The van der Waals surface area contributed by atoms with E-state index in [0.717, 1.165) is 6.29 Å².